The van der Waals surface area contributed by atoms with Crippen LogP contribution in [0.15, 0.2) is 0 Å². The van der Waals surface area contributed by atoms with Gasteiger partial charge in [0, 0.05) is 11.3 Å². The van der Waals surface area contributed by atoms with Crippen molar-refractivity contribution in [1.82, 2.24) is 0 Å². The van der Waals surface area contributed by atoms with Crippen molar-refractivity contribution in [2.45, 2.75) is 24.7 Å². The Morgan fingerprint density at radius 3 is 2.75 bits per heavy atom. The molecule has 1 aliphatic heterocycles. The zero-order chi connectivity index (χ0) is 9.14. The fourth-order valence-electron chi connectivity index (χ4n) is 1.17. The first-order valence-corrected chi connectivity index (χ1v) is 3.69. The summed E-state index contributed by atoms with van der Waals surface area (Å²) in [5.74, 6) is 0. The Morgan fingerprint density at radius 2 is 2.33 bits per heavy atom. The standard InChI is InChI=1S/C6H11NO5/c8-2-4-1-6(9)5(3-12-4)7(10)11/h4-6,8-9H,1-3H2/t4-,5-,6-/m0/s1. The molecule has 1 rings (SSSR count). The topological polar surface area (TPSA) is 92.8 Å². The minimum Gasteiger partial charge on any atom is -0.394 e. The number of ether oxygens (including phenoxy) is 1. The van der Waals surface area contributed by atoms with Gasteiger partial charge in [0.25, 0.3) is 6.04 Å². The van der Waals surface area contributed by atoms with Crippen LogP contribution >= 0.6 is 0 Å². The summed E-state index contributed by atoms with van der Waals surface area (Å²) in [6, 6.07) is -1.05. The van der Waals surface area contributed by atoms with Crippen molar-refractivity contribution >= 4 is 0 Å². The van der Waals surface area contributed by atoms with Gasteiger partial charge in [-0.3, -0.25) is 10.1 Å². The van der Waals surface area contributed by atoms with Crippen molar-refractivity contribution in [3.63, 3.8) is 0 Å². The van der Waals surface area contributed by atoms with Gasteiger partial charge in [0.05, 0.1) is 12.7 Å². The van der Waals surface area contributed by atoms with Crippen molar-refractivity contribution in [3.8, 4) is 0 Å². The van der Waals surface area contributed by atoms with Crippen LogP contribution in [0.5, 0.6) is 0 Å². The molecule has 0 unspecified atom stereocenters. The lowest BCUT2D eigenvalue weighted by Gasteiger charge is -2.27. The molecule has 1 heterocycles. The van der Waals surface area contributed by atoms with Crippen LogP contribution in [-0.2, 0) is 4.74 Å². The van der Waals surface area contributed by atoms with Gasteiger partial charge < -0.3 is 14.9 Å². The van der Waals surface area contributed by atoms with E-state index in [0.29, 0.717) is 0 Å². The third-order valence-electron chi connectivity index (χ3n) is 1.93. The normalized spacial score (nSPS) is 36.3. The quantitative estimate of drug-likeness (QED) is 0.407. The second-order valence-corrected chi connectivity index (χ2v) is 2.79. The summed E-state index contributed by atoms with van der Waals surface area (Å²) < 4.78 is 4.92. The van der Waals surface area contributed by atoms with Crippen molar-refractivity contribution in [2.24, 2.45) is 0 Å². The van der Waals surface area contributed by atoms with Crippen molar-refractivity contribution in [2.75, 3.05) is 13.2 Å². The molecule has 0 aromatic rings. The van der Waals surface area contributed by atoms with E-state index in [1.807, 2.05) is 0 Å². The molecule has 12 heavy (non-hydrogen) atoms. The first kappa shape index (κ1) is 9.37. The van der Waals surface area contributed by atoms with Gasteiger partial charge in [-0.05, 0) is 0 Å². The molecular formula is C6H11NO5. The largest absolute Gasteiger partial charge is 0.394 e. The van der Waals surface area contributed by atoms with Gasteiger partial charge in [0.2, 0.25) is 0 Å². The van der Waals surface area contributed by atoms with E-state index in [-0.39, 0.29) is 19.6 Å². The lowest BCUT2D eigenvalue weighted by Crippen LogP contribution is -2.46. The highest BCUT2D eigenvalue weighted by atomic mass is 16.6. The Kier molecular flexibility index (Phi) is 2.96. The van der Waals surface area contributed by atoms with Gasteiger partial charge in [0.15, 0.2) is 0 Å². The summed E-state index contributed by atoms with van der Waals surface area (Å²) in [5.41, 5.74) is 0. The monoisotopic (exact) mass is 177 g/mol. The van der Waals surface area contributed by atoms with Crippen LogP contribution in [0.25, 0.3) is 0 Å². The van der Waals surface area contributed by atoms with Gasteiger partial charge in [-0.2, -0.15) is 0 Å². The molecule has 1 saturated heterocycles. The third-order valence-corrected chi connectivity index (χ3v) is 1.93. The minimum absolute atomic E-state index is 0.126. The first-order chi connectivity index (χ1) is 5.65. The zero-order valence-corrected chi connectivity index (χ0v) is 6.42. The summed E-state index contributed by atoms with van der Waals surface area (Å²) >= 11 is 0. The molecule has 2 N–H and O–H groups in total. The Bertz CT molecular complexity index is 173. The molecule has 0 aromatic heterocycles. The fourth-order valence-corrected chi connectivity index (χ4v) is 1.17. The Hall–Kier alpha value is -0.720. The van der Waals surface area contributed by atoms with Crippen molar-refractivity contribution in [1.29, 1.82) is 0 Å². The van der Waals surface area contributed by atoms with Crippen LogP contribution in [0, 0.1) is 10.1 Å². The van der Waals surface area contributed by atoms with E-state index < -0.39 is 23.2 Å². The molecule has 0 bridgehead atoms. The highest BCUT2D eigenvalue weighted by Gasteiger charge is 2.37. The fraction of sp³-hybridized carbons (Fsp3) is 1.00. The highest BCUT2D eigenvalue weighted by molar-refractivity contribution is 4.77. The number of hydrogen-bond donors (Lipinski definition) is 2. The predicted molar refractivity (Wildman–Crippen MR) is 38.2 cm³/mol. The maximum Gasteiger partial charge on any atom is 0.261 e. The van der Waals surface area contributed by atoms with Crippen LogP contribution in [0.4, 0.5) is 0 Å². The molecule has 1 fully saturated rings. The van der Waals surface area contributed by atoms with Crippen LogP contribution in [0.2, 0.25) is 0 Å². The van der Waals surface area contributed by atoms with E-state index in [2.05, 4.69) is 0 Å². The summed E-state index contributed by atoms with van der Waals surface area (Å²) in [4.78, 5) is 9.71. The van der Waals surface area contributed by atoms with Crippen LogP contribution in [-0.4, -0.2) is 46.6 Å². The van der Waals surface area contributed by atoms with Gasteiger partial charge >= 0.3 is 0 Å². The number of aliphatic hydroxyl groups is 2. The minimum atomic E-state index is -1.05. The maximum atomic E-state index is 10.3. The average Bonchev–Trinajstić information content (AvgIpc) is 2.03. The molecule has 0 aliphatic carbocycles. The molecule has 3 atom stereocenters. The van der Waals surface area contributed by atoms with Crippen LogP contribution < -0.4 is 0 Å². The van der Waals surface area contributed by atoms with Gasteiger partial charge in [-0.15, -0.1) is 0 Å². The second-order valence-electron chi connectivity index (χ2n) is 2.79. The predicted octanol–water partition coefficient (Wildman–Crippen LogP) is -1.23. The molecule has 0 aromatic carbocycles. The third kappa shape index (κ3) is 1.90. The molecular weight excluding hydrogens is 166 g/mol. The number of rotatable bonds is 2. The van der Waals surface area contributed by atoms with E-state index in [0.717, 1.165) is 0 Å². The average molecular weight is 177 g/mol. The Labute approximate surface area is 68.9 Å². The van der Waals surface area contributed by atoms with E-state index >= 15 is 0 Å². The SMILES string of the molecule is O=[N+]([O-])[C@H]1CO[C@H](CO)C[C@@H]1O. The number of nitro groups is 1. The van der Waals surface area contributed by atoms with E-state index in [4.69, 9.17) is 9.84 Å². The number of nitrogens with zero attached hydrogens (tertiary/aromatic N) is 1. The molecule has 0 spiro atoms. The zero-order valence-electron chi connectivity index (χ0n) is 6.42. The molecule has 6 heteroatoms. The lowest BCUT2D eigenvalue weighted by atomic mass is 10.0. The Morgan fingerprint density at radius 1 is 1.67 bits per heavy atom. The van der Waals surface area contributed by atoms with E-state index in [1.54, 1.807) is 0 Å². The van der Waals surface area contributed by atoms with Crippen LogP contribution in [0.3, 0.4) is 0 Å². The Balaban J connectivity index is 2.47. The van der Waals surface area contributed by atoms with Gasteiger partial charge in [-0.25, -0.2) is 0 Å². The molecule has 0 amide bonds. The summed E-state index contributed by atoms with van der Waals surface area (Å²) in [6.45, 7) is -0.332. The van der Waals surface area contributed by atoms with E-state index in [1.165, 1.54) is 0 Å². The highest BCUT2D eigenvalue weighted by Crippen LogP contribution is 2.15. The smallest absolute Gasteiger partial charge is 0.261 e. The van der Waals surface area contributed by atoms with E-state index in [9.17, 15) is 15.2 Å². The summed E-state index contributed by atoms with van der Waals surface area (Å²) in [7, 11) is 0. The van der Waals surface area contributed by atoms with Crippen molar-refractivity contribution in [3.05, 3.63) is 10.1 Å². The summed E-state index contributed by atoms with van der Waals surface area (Å²) in [5, 5.41) is 28.1. The molecule has 0 saturated carbocycles. The van der Waals surface area contributed by atoms with Crippen LogP contribution in [0.1, 0.15) is 6.42 Å². The van der Waals surface area contributed by atoms with Crippen molar-refractivity contribution < 1.29 is 19.9 Å². The second kappa shape index (κ2) is 3.79. The number of hydrogen-bond acceptors (Lipinski definition) is 5. The number of aliphatic hydroxyl groups excluding tert-OH is 2. The molecule has 1 aliphatic rings. The maximum absolute atomic E-state index is 10.3. The lowest BCUT2D eigenvalue weighted by molar-refractivity contribution is -0.544. The molecule has 0 radical (unpaired) electrons. The molecule has 6 nitrogen and oxygen atoms in total. The van der Waals surface area contributed by atoms with Gasteiger partial charge in [-0.1, -0.05) is 0 Å². The summed E-state index contributed by atoms with van der Waals surface area (Å²) in [6.07, 6.45) is -1.34. The van der Waals surface area contributed by atoms with Gasteiger partial charge in [0.1, 0.15) is 12.7 Å². The first-order valence-electron chi connectivity index (χ1n) is 3.69. The molecule has 70 valence electrons.